The van der Waals surface area contributed by atoms with Crippen molar-refractivity contribution in [3.05, 3.63) is 47.0 Å². The van der Waals surface area contributed by atoms with Crippen LogP contribution in [0.1, 0.15) is 23.1 Å². The molecule has 0 aliphatic carbocycles. The summed E-state index contributed by atoms with van der Waals surface area (Å²) in [7, 11) is -4.20. The van der Waals surface area contributed by atoms with Gasteiger partial charge in [0.05, 0.1) is 23.6 Å². The van der Waals surface area contributed by atoms with Crippen LogP contribution in [0.25, 0.3) is 0 Å². The number of sulfonamides is 1. The number of carboxylic acids is 1. The fraction of sp³-hybridized carbons (Fsp3) is 0.440. The van der Waals surface area contributed by atoms with Crippen molar-refractivity contribution in [1.29, 1.82) is 0 Å². The Morgan fingerprint density at radius 2 is 1.85 bits per heavy atom. The molecule has 7 N–H and O–H groups in total. The van der Waals surface area contributed by atoms with E-state index in [1.807, 2.05) is 6.92 Å². The van der Waals surface area contributed by atoms with Crippen molar-refractivity contribution in [1.82, 2.24) is 19.9 Å². The molecule has 1 aliphatic heterocycles. The molecular weight excluding hydrogens is 544 g/mol. The van der Waals surface area contributed by atoms with Crippen molar-refractivity contribution in [3.8, 4) is 0 Å². The van der Waals surface area contributed by atoms with E-state index in [1.54, 1.807) is 44.2 Å². The highest BCUT2D eigenvalue weighted by Crippen LogP contribution is 2.23. The van der Waals surface area contributed by atoms with Crippen molar-refractivity contribution < 1.29 is 37.8 Å². The number of rotatable bonds is 12. The maximum atomic E-state index is 12.9. The van der Waals surface area contributed by atoms with Crippen LogP contribution in [0.5, 0.6) is 0 Å². The summed E-state index contributed by atoms with van der Waals surface area (Å²) in [6.45, 7) is 4.35. The second kappa shape index (κ2) is 12.9. The van der Waals surface area contributed by atoms with Gasteiger partial charge in [-0.3, -0.25) is 9.59 Å². The molecule has 15 heteroatoms. The van der Waals surface area contributed by atoms with Crippen molar-refractivity contribution in [3.63, 3.8) is 0 Å². The van der Waals surface area contributed by atoms with Gasteiger partial charge in [-0.05, 0) is 50.5 Å². The van der Waals surface area contributed by atoms with E-state index < -0.39 is 59.3 Å². The number of carbonyl (C=O) groups is 3. The number of likely N-dealkylation sites (tertiary alicyclic amines) is 1. The predicted octanol–water partition coefficient (Wildman–Crippen LogP) is 0.686. The van der Waals surface area contributed by atoms with E-state index in [9.17, 15) is 33.0 Å². The number of ether oxygens (including phenoxy) is 1. The van der Waals surface area contributed by atoms with Crippen molar-refractivity contribution in [2.24, 2.45) is 0 Å². The highest BCUT2D eigenvalue weighted by Gasteiger charge is 2.36. The van der Waals surface area contributed by atoms with E-state index in [0.29, 0.717) is 29.2 Å². The highest BCUT2D eigenvalue weighted by molar-refractivity contribution is 7.89. The van der Waals surface area contributed by atoms with Gasteiger partial charge in [0.1, 0.15) is 24.3 Å². The largest absolute Gasteiger partial charge is 0.480 e. The monoisotopic (exact) mass is 578 g/mol. The number of aryl methyl sites for hydroxylation is 3. The molecule has 1 aliphatic rings. The number of hydrogen-bond donors (Lipinski definition) is 6. The fourth-order valence-corrected chi connectivity index (χ4v) is 6.31. The molecule has 2 aromatic rings. The van der Waals surface area contributed by atoms with E-state index >= 15 is 0 Å². The number of nitrogens with one attached hydrogen (secondary N) is 3. The number of nitrogens with zero attached hydrogens (tertiary/aromatic N) is 2. The van der Waals surface area contributed by atoms with Gasteiger partial charge in [0.2, 0.25) is 15.9 Å². The van der Waals surface area contributed by atoms with Crippen LogP contribution >= 0.6 is 0 Å². The van der Waals surface area contributed by atoms with Crippen molar-refractivity contribution in [2.45, 2.75) is 50.3 Å². The number of anilines is 2. The Morgan fingerprint density at radius 3 is 2.45 bits per heavy atom. The summed E-state index contributed by atoms with van der Waals surface area (Å²) in [6, 6.07) is 6.32. The number of pyridine rings is 1. The maximum Gasteiger partial charge on any atom is 0.407 e. The van der Waals surface area contributed by atoms with E-state index in [-0.39, 0.29) is 18.0 Å². The number of aliphatic carboxylic acids is 1. The van der Waals surface area contributed by atoms with E-state index in [0.717, 1.165) is 5.56 Å². The number of benzene rings is 1. The van der Waals surface area contributed by atoms with Gasteiger partial charge in [0.25, 0.3) is 0 Å². The maximum absolute atomic E-state index is 12.9. The van der Waals surface area contributed by atoms with Gasteiger partial charge in [-0.15, -0.1) is 0 Å². The topological polar surface area (TPSA) is 213 Å². The fourth-order valence-electron chi connectivity index (χ4n) is 4.67. The van der Waals surface area contributed by atoms with E-state index in [4.69, 9.17) is 10.5 Å². The third kappa shape index (κ3) is 8.03. The second-order valence-corrected chi connectivity index (χ2v) is 11.3. The summed E-state index contributed by atoms with van der Waals surface area (Å²) < 4.78 is 33.6. The van der Waals surface area contributed by atoms with Gasteiger partial charge in [-0.25, -0.2) is 18.2 Å². The zero-order chi connectivity index (χ0) is 29.6. The molecule has 0 radical (unpaired) electrons. The van der Waals surface area contributed by atoms with Gasteiger partial charge >= 0.3 is 12.1 Å². The highest BCUT2D eigenvalue weighted by atomic mass is 32.2. The molecule has 3 rings (SSSR count). The SMILES string of the molecule is Cc1cc(C)c(S(=O)(=O)NC(CNC(=O)COC2CC(CNc3cccc(N)n3)N(C(=O)O)C2)C(=O)O)c(C)c1. The molecule has 1 aromatic carbocycles. The van der Waals surface area contributed by atoms with E-state index in [2.05, 4.69) is 20.3 Å². The van der Waals surface area contributed by atoms with E-state index in [1.165, 1.54) is 4.90 Å². The average molecular weight is 579 g/mol. The molecule has 0 spiro atoms. The molecule has 0 bridgehead atoms. The standard InChI is InChI=1S/C25H34N6O8S/c1-14-7-15(2)23(16(3)8-14)40(37,38)30-19(24(33)34)11-28-22(32)13-39-18-9-17(31(12-18)25(35)36)10-27-21-6-4-5-20(26)29-21/h4-8,17-19,30H,9-13H2,1-3H3,(H,28,32)(H,33,34)(H,35,36)(H3,26,27,29). The van der Waals surface area contributed by atoms with Crippen LogP contribution in [0.2, 0.25) is 0 Å². The van der Waals surface area contributed by atoms with Gasteiger partial charge in [0.15, 0.2) is 0 Å². The first-order valence-corrected chi connectivity index (χ1v) is 13.9. The lowest BCUT2D eigenvalue weighted by molar-refractivity contribution is -0.139. The quantitative estimate of drug-likeness (QED) is 0.206. The normalized spacial score (nSPS) is 17.8. The smallest absolute Gasteiger partial charge is 0.407 e. The molecule has 218 valence electrons. The number of nitrogens with two attached hydrogens (primary N) is 1. The number of nitrogen functional groups attached to an aromatic ring is 1. The molecule has 1 saturated heterocycles. The molecule has 3 unspecified atom stereocenters. The number of aromatic nitrogens is 1. The molecule has 40 heavy (non-hydrogen) atoms. The van der Waals surface area contributed by atoms with Gasteiger partial charge in [-0.1, -0.05) is 23.8 Å². The van der Waals surface area contributed by atoms with Crippen LogP contribution in [0, 0.1) is 20.8 Å². The zero-order valence-corrected chi connectivity index (χ0v) is 23.2. The van der Waals surface area contributed by atoms with Gasteiger partial charge in [-0.2, -0.15) is 4.72 Å². The zero-order valence-electron chi connectivity index (χ0n) is 22.4. The minimum absolute atomic E-state index is 0.0150. The number of carboxylic acid groups (broad SMARTS) is 2. The predicted molar refractivity (Wildman–Crippen MR) is 145 cm³/mol. The van der Waals surface area contributed by atoms with Crippen LogP contribution in [0.3, 0.4) is 0 Å². The Bertz CT molecular complexity index is 1350. The molecule has 3 atom stereocenters. The van der Waals surface area contributed by atoms with Crippen LogP contribution in [-0.4, -0.2) is 90.9 Å². The third-order valence-electron chi connectivity index (χ3n) is 6.33. The van der Waals surface area contributed by atoms with Gasteiger partial charge in [0, 0.05) is 13.1 Å². The summed E-state index contributed by atoms with van der Waals surface area (Å²) in [6.07, 6.45) is -1.41. The van der Waals surface area contributed by atoms with Crippen LogP contribution in [0.4, 0.5) is 16.4 Å². The first kappa shape index (κ1) is 30.6. The molecular formula is C25H34N6O8S. The molecule has 0 saturated carbocycles. The van der Waals surface area contributed by atoms with Gasteiger partial charge < -0.3 is 36.2 Å². The minimum Gasteiger partial charge on any atom is -0.480 e. The summed E-state index contributed by atoms with van der Waals surface area (Å²) in [4.78, 5) is 41.1. The summed E-state index contributed by atoms with van der Waals surface area (Å²) >= 11 is 0. The molecule has 1 aromatic heterocycles. The molecule has 1 fully saturated rings. The molecule has 14 nitrogen and oxygen atoms in total. The first-order valence-electron chi connectivity index (χ1n) is 12.4. The lowest BCUT2D eigenvalue weighted by Crippen LogP contribution is -2.49. The summed E-state index contributed by atoms with van der Waals surface area (Å²) in [5, 5.41) is 24.5. The Labute approximate surface area is 232 Å². The first-order chi connectivity index (χ1) is 18.8. The lowest BCUT2D eigenvalue weighted by Gasteiger charge is -2.21. The van der Waals surface area contributed by atoms with Crippen molar-refractivity contribution in [2.75, 3.05) is 37.3 Å². The summed E-state index contributed by atoms with van der Waals surface area (Å²) in [5.41, 5.74) is 7.47. The molecule has 2 heterocycles. The minimum atomic E-state index is -4.20. The average Bonchev–Trinajstić information content (AvgIpc) is 3.26. The lowest BCUT2D eigenvalue weighted by atomic mass is 10.1. The Hall–Kier alpha value is -3.95. The number of hydrogen-bond acceptors (Lipinski definition) is 9. The second-order valence-electron chi connectivity index (χ2n) is 9.63. The van der Waals surface area contributed by atoms with Crippen LogP contribution in [-0.2, 0) is 24.3 Å². The Balaban J connectivity index is 1.53. The summed E-state index contributed by atoms with van der Waals surface area (Å²) in [5.74, 6) is -1.34. The number of amides is 2. The third-order valence-corrected chi connectivity index (χ3v) is 8.11. The number of carbonyl (C=O) groups excluding carboxylic acids is 1. The van der Waals surface area contributed by atoms with Crippen molar-refractivity contribution >= 4 is 39.6 Å². The van der Waals surface area contributed by atoms with Crippen LogP contribution in [0.15, 0.2) is 35.2 Å². The van der Waals surface area contributed by atoms with Crippen LogP contribution < -0.4 is 21.1 Å². The Kier molecular flexibility index (Phi) is 9.89. The Morgan fingerprint density at radius 1 is 1.18 bits per heavy atom. The molecule has 2 amide bonds.